The first kappa shape index (κ1) is 11.8. The molecule has 0 bridgehead atoms. The summed E-state index contributed by atoms with van der Waals surface area (Å²) in [5.41, 5.74) is 0. The summed E-state index contributed by atoms with van der Waals surface area (Å²) in [6, 6.07) is 0. The molecule has 0 fully saturated rings. The molecule has 0 radical (unpaired) electrons. The zero-order valence-electron chi connectivity index (χ0n) is 3.83. The third kappa shape index (κ3) is 1400000. The van der Waals surface area contributed by atoms with E-state index in [2.05, 4.69) is 0 Å². The monoisotopic (exact) mass is 198 g/mol. The van der Waals surface area contributed by atoms with Gasteiger partial charge in [-0.1, -0.05) is 0 Å². The maximum atomic E-state index is 8.74. The van der Waals surface area contributed by atoms with Crippen LogP contribution in [0, 0.1) is 0 Å². The molecule has 0 aliphatic heterocycles. The van der Waals surface area contributed by atoms with Crippen LogP contribution in [-0.2, 0) is 33.1 Å². The summed E-state index contributed by atoms with van der Waals surface area (Å²) in [4.78, 5) is 0. The van der Waals surface area contributed by atoms with Gasteiger partial charge in [-0.3, -0.25) is 9.11 Å². The van der Waals surface area contributed by atoms with Gasteiger partial charge in [0.25, 0.3) is 0 Å². The first-order valence-electron chi connectivity index (χ1n) is 1.26. The Morgan fingerprint density at radius 2 is 1.11 bits per heavy atom. The summed E-state index contributed by atoms with van der Waals surface area (Å²) in [6.07, 6.45) is 0. The van der Waals surface area contributed by atoms with Crippen LogP contribution in [0.2, 0.25) is 0 Å². The van der Waals surface area contributed by atoms with Crippen molar-refractivity contribution in [3.05, 3.63) is 0 Å². The molecule has 0 unspecified atom stereocenters. The van der Waals surface area contributed by atoms with E-state index in [4.69, 9.17) is 28.9 Å². The topological polar surface area (TPSA) is 129 Å². The van der Waals surface area contributed by atoms with Gasteiger partial charge in [0, 0.05) is 0 Å². The third-order valence-corrected chi connectivity index (χ3v) is 0. The number of hydrogen-bond donors (Lipinski definition) is 3. The van der Waals surface area contributed by atoms with Gasteiger partial charge in [0.15, 0.2) is 0 Å². The molecule has 0 saturated carbocycles. The summed E-state index contributed by atoms with van der Waals surface area (Å²) in [6.45, 7) is 0. The second kappa shape index (κ2) is 4.85. The predicted molar refractivity (Wildman–Crippen MR) is 17.8 cm³/mol. The van der Waals surface area contributed by atoms with Crippen molar-refractivity contribution in [3.63, 3.8) is 0 Å². The van der Waals surface area contributed by atoms with E-state index in [9.17, 15) is 0 Å². The zero-order chi connectivity index (χ0) is 8.08. The van der Waals surface area contributed by atoms with Gasteiger partial charge in [0.05, 0.1) is 0 Å². The van der Waals surface area contributed by atoms with Gasteiger partial charge in [-0.05, 0) is 0 Å². The first-order chi connectivity index (χ1) is 3.73. The van der Waals surface area contributed by atoms with Gasteiger partial charge in [0.2, 0.25) is 0 Å². The van der Waals surface area contributed by atoms with E-state index in [0.717, 1.165) is 0 Å². The second-order valence-corrected chi connectivity index (χ2v) is 2.32. The molecule has 0 aromatic heterocycles. The van der Waals surface area contributed by atoms with Gasteiger partial charge in [0.1, 0.15) is 0 Å². The van der Waals surface area contributed by atoms with Crippen LogP contribution in [0.4, 0.5) is 0 Å². The molecule has 0 saturated heterocycles. The van der Waals surface area contributed by atoms with Crippen LogP contribution in [0.1, 0.15) is 0 Å². The van der Waals surface area contributed by atoms with Crippen molar-refractivity contribution in [2.75, 3.05) is 0 Å². The SMILES string of the molecule is O=S(=O)(O)O.[O]=[V](=[O])[OH]. The minimum atomic E-state index is -4.67. The summed E-state index contributed by atoms with van der Waals surface area (Å²) in [7, 11) is -4.67. The zero-order valence-corrected chi connectivity index (χ0v) is 6.04. The van der Waals surface area contributed by atoms with E-state index in [1.54, 1.807) is 0 Å². The van der Waals surface area contributed by atoms with Crippen molar-refractivity contribution in [2.45, 2.75) is 0 Å². The predicted octanol–water partition coefficient (Wildman–Crippen LogP) is -1.45. The molecule has 0 atom stereocenters. The molecule has 0 aliphatic rings. The van der Waals surface area contributed by atoms with E-state index >= 15 is 0 Å². The molecule has 7 nitrogen and oxygen atoms in total. The van der Waals surface area contributed by atoms with Gasteiger partial charge in [-0.15, -0.1) is 0 Å². The van der Waals surface area contributed by atoms with Crippen LogP contribution in [0.15, 0.2) is 0 Å². The second-order valence-electron chi connectivity index (χ2n) is 0.686. The van der Waals surface area contributed by atoms with Crippen LogP contribution in [-0.4, -0.2) is 21.6 Å². The molecule has 56 valence electrons. The average Bonchev–Trinajstić information content (AvgIpc) is 1.19. The van der Waals surface area contributed by atoms with E-state index < -0.39 is 25.8 Å². The fourth-order valence-corrected chi connectivity index (χ4v) is 0. The summed E-state index contributed by atoms with van der Waals surface area (Å²) < 4.78 is 56.0. The Morgan fingerprint density at radius 3 is 1.11 bits per heavy atom. The Balaban J connectivity index is 0. The summed E-state index contributed by atoms with van der Waals surface area (Å²) >= 11 is -3.69. The summed E-state index contributed by atoms with van der Waals surface area (Å²) in [5.74, 6) is 0. The van der Waals surface area contributed by atoms with Crippen molar-refractivity contribution in [3.8, 4) is 0 Å². The Kier molecular flexibility index (Phi) is 6.35. The molecule has 0 heterocycles. The molecule has 9 heteroatoms. The van der Waals surface area contributed by atoms with E-state index in [1.807, 2.05) is 0 Å². The van der Waals surface area contributed by atoms with Crippen molar-refractivity contribution in [1.82, 2.24) is 0 Å². The van der Waals surface area contributed by atoms with Crippen LogP contribution >= 0.6 is 0 Å². The van der Waals surface area contributed by atoms with E-state index in [0.29, 0.717) is 0 Å². The molecule has 9 heavy (non-hydrogen) atoms. The fraction of sp³-hybridized carbons (Fsp3) is 0. The van der Waals surface area contributed by atoms with E-state index in [1.165, 1.54) is 0 Å². The Hall–Kier alpha value is 0.0144. The van der Waals surface area contributed by atoms with Crippen molar-refractivity contribution in [1.29, 1.82) is 0 Å². The van der Waals surface area contributed by atoms with Gasteiger partial charge >= 0.3 is 37.2 Å². The van der Waals surface area contributed by atoms with Crippen molar-refractivity contribution in [2.24, 2.45) is 0 Å². The number of rotatable bonds is 0. The molecule has 0 spiro atoms. The average molecular weight is 198 g/mol. The first-order valence-corrected chi connectivity index (χ1v) is 4.43. The van der Waals surface area contributed by atoms with Crippen molar-refractivity contribution < 1.29 is 44.3 Å². The maximum absolute atomic E-state index is 8.74. The van der Waals surface area contributed by atoms with Gasteiger partial charge in [-0.2, -0.15) is 8.42 Å². The fourth-order valence-electron chi connectivity index (χ4n) is 0. The van der Waals surface area contributed by atoms with Crippen LogP contribution in [0.3, 0.4) is 0 Å². The third-order valence-electron chi connectivity index (χ3n) is 0. The van der Waals surface area contributed by atoms with Crippen molar-refractivity contribution >= 4 is 10.4 Å². The molecule has 0 rings (SSSR count). The van der Waals surface area contributed by atoms with Crippen LogP contribution in [0.25, 0.3) is 0 Å². The molecule has 0 aromatic rings. The van der Waals surface area contributed by atoms with Gasteiger partial charge < -0.3 is 0 Å². The quantitative estimate of drug-likeness (QED) is 0.406. The molecule has 0 amide bonds. The van der Waals surface area contributed by atoms with Crippen LogP contribution in [0.5, 0.6) is 0 Å². The normalized spacial score (nSPS) is 9.22. The molecule has 0 aliphatic carbocycles. The summed E-state index contributed by atoms with van der Waals surface area (Å²) in [5, 5.41) is 0. The van der Waals surface area contributed by atoms with E-state index in [-0.39, 0.29) is 0 Å². The molecular formula is H3O7SV. The Labute approximate surface area is 55.3 Å². The molecular weight excluding hydrogens is 195 g/mol. The Bertz CT molecular complexity index is 189. The molecule has 3 N–H and O–H groups in total. The van der Waals surface area contributed by atoms with Gasteiger partial charge in [-0.25, -0.2) is 0 Å². The Morgan fingerprint density at radius 1 is 1.11 bits per heavy atom. The standard InChI is InChI=1S/H2O4S.H2O.2O.V/c1-5(2,3)4;;;;/h(H2,1,2,3,4);1H2;;;/q;;;;+1/p-1. The minimum absolute atomic E-state index is 3.69. The number of hydrogen-bond acceptors (Lipinski definition) is 4. The molecule has 0 aromatic carbocycles. The van der Waals surface area contributed by atoms with Crippen LogP contribution < -0.4 is 0 Å².